The van der Waals surface area contributed by atoms with Crippen molar-refractivity contribution in [3.63, 3.8) is 0 Å². The summed E-state index contributed by atoms with van der Waals surface area (Å²) in [6.07, 6.45) is 1.61. The summed E-state index contributed by atoms with van der Waals surface area (Å²) in [5.74, 6) is -0.858. The molecule has 1 heterocycles. The molecule has 2 atom stereocenters. The standard InChI is InChI=1S/C8H16BNO4/c11-8(12)7-3-6(4-10-5-7)1-2-9(13)14/h6-7,10,13-14H,1-5H2,(H,11,12). The Balaban J connectivity index is 2.29. The van der Waals surface area contributed by atoms with Crippen molar-refractivity contribution in [1.82, 2.24) is 5.32 Å². The number of hydrogen-bond acceptors (Lipinski definition) is 4. The molecule has 1 rings (SSSR count). The lowest BCUT2D eigenvalue weighted by molar-refractivity contribution is -0.142. The highest BCUT2D eigenvalue weighted by Crippen LogP contribution is 2.21. The highest BCUT2D eigenvalue weighted by Gasteiger charge is 2.27. The van der Waals surface area contributed by atoms with Crippen LogP contribution in [0.2, 0.25) is 6.32 Å². The van der Waals surface area contributed by atoms with Crippen LogP contribution in [0.4, 0.5) is 0 Å². The molecule has 5 nitrogen and oxygen atoms in total. The predicted octanol–water partition coefficient (Wildman–Crippen LogP) is -0.840. The molecule has 1 saturated heterocycles. The number of carboxylic acids is 1. The maximum Gasteiger partial charge on any atom is 0.451 e. The molecule has 0 aromatic heterocycles. The molecule has 1 fully saturated rings. The Hall–Kier alpha value is -0.585. The molecule has 80 valence electrons. The third kappa shape index (κ3) is 3.65. The zero-order valence-corrected chi connectivity index (χ0v) is 8.02. The molecular formula is C8H16BNO4. The van der Waals surface area contributed by atoms with E-state index in [1.807, 2.05) is 0 Å². The summed E-state index contributed by atoms with van der Waals surface area (Å²) in [4.78, 5) is 10.7. The van der Waals surface area contributed by atoms with Gasteiger partial charge in [0.25, 0.3) is 0 Å². The van der Waals surface area contributed by atoms with Crippen molar-refractivity contribution in [3.8, 4) is 0 Å². The predicted molar refractivity (Wildman–Crippen MR) is 51.7 cm³/mol. The van der Waals surface area contributed by atoms with E-state index in [4.69, 9.17) is 15.2 Å². The maximum absolute atomic E-state index is 10.7. The van der Waals surface area contributed by atoms with E-state index in [0.29, 0.717) is 25.7 Å². The second-order valence-electron chi connectivity index (χ2n) is 3.85. The lowest BCUT2D eigenvalue weighted by Crippen LogP contribution is -2.40. The Kier molecular flexibility index (Phi) is 4.38. The Labute approximate surface area is 83.3 Å². The smallest absolute Gasteiger partial charge is 0.451 e. The molecule has 6 heteroatoms. The number of carboxylic acid groups (broad SMARTS) is 1. The minimum atomic E-state index is -1.28. The van der Waals surface area contributed by atoms with E-state index < -0.39 is 13.1 Å². The third-order valence-electron chi connectivity index (χ3n) is 2.62. The fourth-order valence-electron chi connectivity index (χ4n) is 1.82. The first-order chi connectivity index (χ1) is 6.59. The average molecular weight is 201 g/mol. The van der Waals surface area contributed by atoms with Crippen LogP contribution in [0.25, 0.3) is 0 Å². The van der Waals surface area contributed by atoms with Gasteiger partial charge in [0.05, 0.1) is 5.92 Å². The summed E-state index contributed by atoms with van der Waals surface area (Å²) in [6, 6.07) is 0. The molecule has 0 spiro atoms. The summed E-state index contributed by atoms with van der Waals surface area (Å²) in [5, 5.41) is 29.2. The van der Waals surface area contributed by atoms with Crippen LogP contribution in [-0.4, -0.2) is 41.3 Å². The van der Waals surface area contributed by atoms with Gasteiger partial charge in [0.15, 0.2) is 0 Å². The first-order valence-corrected chi connectivity index (χ1v) is 4.89. The average Bonchev–Trinajstić information content (AvgIpc) is 2.15. The van der Waals surface area contributed by atoms with Crippen LogP contribution in [0.3, 0.4) is 0 Å². The number of aliphatic carboxylic acids is 1. The summed E-state index contributed by atoms with van der Waals surface area (Å²) in [7, 11) is -1.28. The molecule has 0 aromatic rings. The van der Waals surface area contributed by atoms with Crippen molar-refractivity contribution in [2.75, 3.05) is 13.1 Å². The number of piperidine rings is 1. The highest BCUT2D eigenvalue weighted by molar-refractivity contribution is 6.40. The molecule has 0 bridgehead atoms. The minimum Gasteiger partial charge on any atom is -0.481 e. The van der Waals surface area contributed by atoms with Crippen molar-refractivity contribution in [1.29, 1.82) is 0 Å². The van der Waals surface area contributed by atoms with Crippen LogP contribution in [0.1, 0.15) is 12.8 Å². The zero-order valence-electron chi connectivity index (χ0n) is 8.02. The second kappa shape index (κ2) is 5.33. The van der Waals surface area contributed by atoms with E-state index in [-0.39, 0.29) is 11.8 Å². The van der Waals surface area contributed by atoms with Crippen LogP contribution in [0.15, 0.2) is 0 Å². The molecule has 0 radical (unpaired) electrons. The first-order valence-electron chi connectivity index (χ1n) is 4.89. The number of nitrogens with one attached hydrogen (secondary N) is 1. The van der Waals surface area contributed by atoms with Gasteiger partial charge in [0.2, 0.25) is 0 Å². The van der Waals surface area contributed by atoms with Gasteiger partial charge in [0.1, 0.15) is 0 Å². The van der Waals surface area contributed by atoms with E-state index in [9.17, 15) is 4.79 Å². The molecular weight excluding hydrogens is 185 g/mol. The van der Waals surface area contributed by atoms with Crippen molar-refractivity contribution in [3.05, 3.63) is 0 Å². The minimum absolute atomic E-state index is 0.242. The summed E-state index contributed by atoms with van der Waals surface area (Å²) < 4.78 is 0. The topological polar surface area (TPSA) is 89.8 Å². The van der Waals surface area contributed by atoms with E-state index in [1.54, 1.807) is 0 Å². The molecule has 4 N–H and O–H groups in total. The number of rotatable bonds is 4. The Bertz CT molecular complexity index is 200. The SMILES string of the molecule is O=C(O)C1CNCC(CCB(O)O)C1. The van der Waals surface area contributed by atoms with Gasteiger partial charge >= 0.3 is 13.1 Å². The number of carbonyl (C=O) groups is 1. The van der Waals surface area contributed by atoms with Gasteiger partial charge in [-0.25, -0.2) is 0 Å². The molecule has 0 saturated carbocycles. The Morgan fingerprint density at radius 3 is 2.71 bits per heavy atom. The molecule has 0 amide bonds. The van der Waals surface area contributed by atoms with Gasteiger partial charge in [-0.1, -0.05) is 6.42 Å². The Morgan fingerprint density at radius 2 is 2.14 bits per heavy atom. The van der Waals surface area contributed by atoms with Gasteiger partial charge in [-0.3, -0.25) is 4.79 Å². The summed E-state index contributed by atoms with van der Waals surface area (Å²) in [5.41, 5.74) is 0. The van der Waals surface area contributed by atoms with Crippen LogP contribution in [-0.2, 0) is 4.79 Å². The Morgan fingerprint density at radius 1 is 1.43 bits per heavy atom. The summed E-state index contributed by atoms with van der Waals surface area (Å²) >= 11 is 0. The van der Waals surface area contributed by atoms with Gasteiger partial charge in [-0.15, -0.1) is 0 Å². The molecule has 1 aliphatic rings. The van der Waals surface area contributed by atoms with Crippen LogP contribution < -0.4 is 5.32 Å². The van der Waals surface area contributed by atoms with Gasteiger partial charge in [-0.2, -0.15) is 0 Å². The highest BCUT2D eigenvalue weighted by atomic mass is 16.4. The fourth-order valence-corrected chi connectivity index (χ4v) is 1.82. The lowest BCUT2D eigenvalue weighted by Gasteiger charge is -2.27. The molecule has 1 aliphatic heterocycles. The van der Waals surface area contributed by atoms with E-state index >= 15 is 0 Å². The normalized spacial score (nSPS) is 27.3. The van der Waals surface area contributed by atoms with Crippen molar-refractivity contribution < 1.29 is 19.9 Å². The van der Waals surface area contributed by atoms with Crippen LogP contribution in [0, 0.1) is 11.8 Å². The van der Waals surface area contributed by atoms with Gasteiger partial charge in [-0.05, 0) is 25.2 Å². The summed E-state index contributed by atoms with van der Waals surface area (Å²) in [6.45, 7) is 1.30. The quantitative estimate of drug-likeness (QED) is 0.445. The molecule has 0 aromatic carbocycles. The van der Waals surface area contributed by atoms with Gasteiger partial charge < -0.3 is 20.5 Å². The van der Waals surface area contributed by atoms with Crippen molar-refractivity contribution in [2.24, 2.45) is 11.8 Å². The molecule has 0 aliphatic carbocycles. The third-order valence-corrected chi connectivity index (χ3v) is 2.62. The van der Waals surface area contributed by atoms with Crippen molar-refractivity contribution in [2.45, 2.75) is 19.2 Å². The second-order valence-corrected chi connectivity index (χ2v) is 3.85. The van der Waals surface area contributed by atoms with Crippen LogP contribution in [0.5, 0.6) is 0 Å². The first kappa shape index (κ1) is 11.5. The molecule has 2 unspecified atom stereocenters. The van der Waals surface area contributed by atoms with E-state index in [1.165, 1.54) is 0 Å². The van der Waals surface area contributed by atoms with E-state index in [2.05, 4.69) is 5.32 Å². The number of hydrogen-bond donors (Lipinski definition) is 4. The van der Waals surface area contributed by atoms with Gasteiger partial charge in [0, 0.05) is 6.54 Å². The van der Waals surface area contributed by atoms with Crippen molar-refractivity contribution >= 4 is 13.1 Å². The zero-order chi connectivity index (χ0) is 10.6. The maximum atomic E-state index is 10.7. The lowest BCUT2D eigenvalue weighted by atomic mass is 9.78. The van der Waals surface area contributed by atoms with E-state index in [0.717, 1.165) is 6.54 Å². The fraction of sp³-hybridized carbons (Fsp3) is 0.875. The monoisotopic (exact) mass is 201 g/mol. The largest absolute Gasteiger partial charge is 0.481 e. The van der Waals surface area contributed by atoms with Crippen LogP contribution >= 0.6 is 0 Å². The molecule has 14 heavy (non-hydrogen) atoms.